The van der Waals surface area contributed by atoms with Gasteiger partial charge in [-0.25, -0.2) is 0 Å². The van der Waals surface area contributed by atoms with Crippen molar-refractivity contribution >= 4 is 35.9 Å². The Morgan fingerprint density at radius 1 is 1.44 bits per heavy atom. The molecule has 1 atom stereocenters. The number of hydrogen-bond donors (Lipinski definition) is 3. The molecule has 0 aromatic heterocycles. The van der Waals surface area contributed by atoms with Gasteiger partial charge in [-0.3, -0.25) is 0 Å². The normalized spacial score (nSPS) is 12.6. The molecule has 0 bridgehead atoms. The average molecular weight is 253 g/mol. The quantitative estimate of drug-likeness (QED) is 0.556. The number of rotatable bonds is 3. The van der Waals surface area contributed by atoms with E-state index in [1.54, 1.807) is 0 Å². The Kier molecular flexibility index (Phi) is 4.39. The van der Waals surface area contributed by atoms with E-state index in [-0.39, 0.29) is 0 Å². The lowest BCUT2D eigenvalue weighted by molar-refractivity contribution is 0.944. The van der Waals surface area contributed by atoms with Gasteiger partial charge < -0.3 is 5.73 Å². The van der Waals surface area contributed by atoms with Gasteiger partial charge in [0.2, 0.25) is 0 Å². The second kappa shape index (κ2) is 5.19. The fourth-order valence-corrected chi connectivity index (χ4v) is 2.40. The topological polar surface area (TPSA) is 26.0 Å². The van der Waals surface area contributed by atoms with Crippen LogP contribution in [0.3, 0.4) is 0 Å². The van der Waals surface area contributed by atoms with Crippen molar-refractivity contribution in [2.75, 3.05) is 5.73 Å². The van der Waals surface area contributed by atoms with Crippen molar-refractivity contribution in [2.24, 2.45) is 0 Å². The highest BCUT2D eigenvalue weighted by Gasteiger charge is 2.13. The lowest BCUT2D eigenvalue weighted by atomic mass is 9.93. The van der Waals surface area contributed by atoms with Gasteiger partial charge in [0.05, 0.1) is 0 Å². The van der Waals surface area contributed by atoms with Crippen LogP contribution in [-0.2, 0) is 6.42 Å². The van der Waals surface area contributed by atoms with E-state index >= 15 is 0 Å². The summed E-state index contributed by atoms with van der Waals surface area (Å²) in [6, 6.07) is 2.02. The minimum absolute atomic E-state index is 0.299. The summed E-state index contributed by atoms with van der Waals surface area (Å²) < 4.78 is 0. The fraction of sp³-hybridized carbons (Fsp3) is 0.385. The molecule has 0 aliphatic carbocycles. The number of benzene rings is 1. The van der Waals surface area contributed by atoms with Crippen molar-refractivity contribution in [3.63, 3.8) is 0 Å². The summed E-state index contributed by atoms with van der Waals surface area (Å²) in [5.41, 5.74) is 11.4. The van der Waals surface area contributed by atoms with E-state index in [4.69, 9.17) is 5.73 Å². The maximum atomic E-state index is 5.99. The van der Waals surface area contributed by atoms with Gasteiger partial charge in [-0.1, -0.05) is 13.5 Å². The van der Waals surface area contributed by atoms with Crippen molar-refractivity contribution < 1.29 is 0 Å². The van der Waals surface area contributed by atoms with E-state index in [1.807, 2.05) is 13.0 Å². The maximum Gasteiger partial charge on any atom is 0.0349 e. The van der Waals surface area contributed by atoms with Crippen molar-refractivity contribution in [3.05, 3.63) is 34.9 Å². The van der Waals surface area contributed by atoms with E-state index < -0.39 is 0 Å². The van der Waals surface area contributed by atoms with E-state index in [1.165, 1.54) is 11.1 Å². The lowest BCUT2D eigenvalue weighted by Gasteiger charge is -2.17. The van der Waals surface area contributed by atoms with Crippen molar-refractivity contribution in [1.82, 2.24) is 0 Å². The van der Waals surface area contributed by atoms with Crippen LogP contribution >= 0.6 is 25.3 Å². The maximum absolute atomic E-state index is 5.99. The second-order valence-corrected chi connectivity index (χ2v) is 5.67. The molecule has 1 unspecified atom stereocenters. The van der Waals surface area contributed by atoms with Gasteiger partial charge in [-0.15, -0.1) is 12.6 Å². The highest BCUT2D eigenvalue weighted by molar-refractivity contribution is 7.90. The molecule has 0 spiro atoms. The molecule has 1 aromatic carbocycles. The molecule has 0 fully saturated rings. The molecule has 16 heavy (non-hydrogen) atoms. The van der Waals surface area contributed by atoms with Crippen molar-refractivity contribution in [2.45, 2.75) is 32.4 Å². The third-order valence-corrected chi connectivity index (χ3v) is 3.23. The van der Waals surface area contributed by atoms with Gasteiger partial charge in [0.25, 0.3) is 0 Å². The summed E-state index contributed by atoms with van der Waals surface area (Å²) in [5, 5.41) is 0.299. The third kappa shape index (κ3) is 2.77. The van der Waals surface area contributed by atoms with Gasteiger partial charge >= 0.3 is 0 Å². The lowest BCUT2D eigenvalue weighted by Crippen LogP contribution is -2.05. The summed E-state index contributed by atoms with van der Waals surface area (Å²) in [6.07, 6.45) is 0.878. The molecule has 88 valence electrons. The highest BCUT2D eigenvalue weighted by Crippen LogP contribution is 2.31. The van der Waals surface area contributed by atoms with E-state index in [0.29, 0.717) is 5.25 Å². The summed E-state index contributed by atoms with van der Waals surface area (Å²) in [5.74, 6) is 0. The van der Waals surface area contributed by atoms with Crippen molar-refractivity contribution in [3.8, 4) is 0 Å². The van der Waals surface area contributed by atoms with Crippen LogP contribution in [0.1, 0.15) is 29.2 Å². The zero-order valence-corrected chi connectivity index (χ0v) is 11.8. The van der Waals surface area contributed by atoms with E-state index in [0.717, 1.165) is 28.1 Å². The number of nitrogens with two attached hydrogens (primary N) is 1. The number of anilines is 1. The summed E-state index contributed by atoms with van der Waals surface area (Å²) in [6.45, 7) is 10.1. The van der Waals surface area contributed by atoms with Gasteiger partial charge in [0, 0.05) is 15.8 Å². The molecule has 1 nitrogen and oxygen atoms in total. The first-order valence-electron chi connectivity index (χ1n) is 5.29. The predicted molar refractivity (Wildman–Crippen MR) is 80.5 cm³/mol. The molecule has 0 amide bonds. The fourth-order valence-electron chi connectivity index (χ4n) is 1.89. The highest BCUT2D eigenvalue weighted by atomic mass is 32.1. The Balaban J connectivity index is 3.41. The molecule has 2 N–H and O–H groups in total. The monoisotopic (exact) mass is 253 g/mol. The second-order valence-electron chi connectivity index (χ2n) is 4.25. The number of thiol groups is 2. The van der Waals surface area contributed by atoms with Gasteiger partial charge in [-0.2, -0.15) is 12.6 Å². The molecule has 0 radical (unpaired) electrons. The molecule has 0 aliphatic heterocycles. The van der Waals surface area contributed by atoms with Crippen LogP contribution in [0, 0.1) is 13.8 Å². The predicted octanol–water partition coefficient (Wildman–Crippen LogP) is 3.65. The molecular weight excluding hydrogens is 234 g/mol. The summed E-state index contributed by atoms with van der Waals surface area (Å²) in [4.78, 5) is 0.796. The Hall–Kier alpha value is -0.540. The molecule has 0 saturated carbocycles. The first-order valence-corrected chi connectivity index (χ1v) is 6.25. The van der Waals surface area contributed by atoms with Crippen LogP contribution in [-0.4, -0.2) is 5.25 Å². The molecular formula is C13H19NS2. The summed E-state index contributed by atoms with van der Waals surface area (Å²) >= 11 is 8.79. The van der Waals surface area contributed by atoms with Gasteiger partial charge in [0.15, 0.2) is 0 Å². The largest absolute Gasteiger partial charge is 0.398 e. The van der Waals surface area contributed by atoms with Crippen LogP contribution in [0.4, 0.5) is 5.69 Å². The third-order valence-electron chi connectivity index (χ3n) is 2.83. The van der Waals surface area contributed by atoms with Crippen LogP contribution in [0.25, 0.3) is 4.91 Å². The Labute approximate surface area is 109 Å². The molecule has 1 aromatic rings. The van der Waals surface area contributed by atoms with Gasteiger partial charge in [0.1, 0.15) is 0 Å². The zero-order valence-electron chi connectivity index (χ0n) is 10.0. The summed E-state index contributed by atoms with van der Waals surface area (Å²) in [7, 11) is 0. The smallest absolute Gasteiger partial charge is 0.0349 e. The Morgan fingerprint density at radius 3 is 2.44 bits per heavy atom. The molecule has 0 aliphatic rings. The van der Waals surface area contributed by atoms with Crippen molar-refractivity contribution in [1.29, 1.82) is 0 Å². The first kappa shape index (κ1) is 13.5. The number of hydrogen-bond acceptors (Lipinski definition) is 3. The molecule has 3 heteroatoms. The average Bonchev–Trinajstić information content (AvgIpc) is 2.12. The molecule has 1 rings (SSSR count). The SMILES string of the molecule is C=C(S)c1c(CC(C)S)cc(N)c(C)c1C. The van der Waals surface area contributed by atoms with Crippen LogP contribution in [0.5, 0.6) is 0 Å². The Bertz CT molecular complexity index is 422. The first-order chi connectivity index (χ1) is 7.34. The van der Waals surface area contributed by atoms with Crippen LogP contribution < -0.4 is 5.73 Å². The number of nitrogen functional groups attached to an aromatic ring is 1. The molecule has 0 heterocycles. The van der Waals surface area contributed by atoms with E-state index in [9.17, 15) is 0 Å². The molecule has 0 saturated heterocycles. The Morgan fingerprint density at radius 2 is 2.00 bits per heavy atom. The standard InChI is InChI=1S/C13H19NS2/c1-7(15)5-11-6-12(14)8(2)9(3)13(11)10(4)16/h6-7,15-16H,4-5,14H2,1-3H3. The van der Waals surface area contributed by atoms with Crippen LogP contribution in [0.2, 0.25) is 0 Å². The van der Waals surface area contributed by atoms with Crippen LogP contribution in [0.15, 0.2) is 12.6 Å². The zero-order chi connectivity index (χ0) is 12.5. The van der Waals surface area contributed by atoms with E-state index in [2.05, 4.69) is 45.7 Å². The van der Waals surface area contributed by atoms with Gasteiger partial charge in [-0.05, 0) is 48.6 Å². The minimum atomic E-state index is 0.299. The minimum Gasteiger partial charge on any atom is -0.398 e.